The Morgan fingerprint density at radius 3 is 2.41 bits per heavy atom. The Kier molecular flexibility index (Phi) is 12.6. The van der Waals surface area contributed by atoms with Gasteiger partial charge in [0.05, 0.1) is 25.5 Å². The van der Waals surface area contributed by atoms with E-state index in [9.17, 15) is 31.6 Å². The molecular formula is C42H56F3N5O10S. The van der Waals surface area contributed by atoms with Crippen molar-refractivity contribution in [2.24, 2.45) is 17.8 Å². The number of methoxy groups -OCH3 is 2. The van der Waals surface area contributed by atoms with Crippen molar-refractivity contribution in [3.8, 4) is 17.5 Å². The Morgan fingerprint density at radius 2 is 1.79 bits per heavy atom. The predicted octanol–water partition coefficient (Wildman–Crippen LogP) is 5.54. The van der Waals surface area contributed by atoms with Gasteiger partial charge in [-0.1, -0.05) is 32.4 Å². The molecule has 3 heterocycles. The van der Waals surface area contributed by atoms with Gasteiger partial charge in [-0.2, -0.15) is 4.98 Å². The number of nitrogens with zero attached hydrogens (tertiary/aromatic N) is 2. The van der Waals surface area contributed by atoms with Crippen molar-refractivity contribution in [1.29, 1.82) is 0 Å². The fraction of sp³-hybridized carbons (Fsp3) is 0.643. The third-order valence-corrected chi connectivity index (χ3v) is 15.0. The Balaban J connectivity index is 1.40. The van der Waals surface area contributed by atoms with Crippen LogP contribution in [0.4, 0.5) is 18.0 Å². The van der Waals surface area contributed by atoms with Gasteiger partial charge in [-0.3, -0.25) is 19.1 Å². The maximum absolute atomic E-state index is 15.1. The van der Waals surface area contributed by atoms with Crippen LogP contribution in [0.25, 0.3) is 10.8 Å². The molecule has 1 aromatic carbocycles. The van der Waals surface area contributed by atoms with Crippen LogP contribution in [0.5, 0.6) is 17.5 Å². The number of halogens is 3. The van der Waals surface area contributed by atoms with Gasteiger partial charge in [0.1, 0.15) is 23.7 Å². The number of benzene rings is 1. The summed E-state index contributed by atoms with van der Waals surface area (Å²) in [6.07, 6.45) is 4.01. The van der Waals surface area contributed by atoms with E-state index in [0.29, 0.717) is 50.8 Å². The van der Waals surface area contributed by atoms with E-state index in [1.54, 1.807) is 12.1 Å². The molecule has 4 aliphatic rings. The standard InChI is InChI=1S/C42H56F3N5O10S/c1-9-24-16-23(2)12-10-11-13-26-21-42(26,37(53)49-61(55,56)40(5)14-15-40)48-34(51)30-19-27(22-50(30)36(52)33(24)47-38(54)60-39(3,4)41(6,44)45)59-35-28-20-29(43)31(57-7)17-25(28)18-32(46-35)58-8/h11,13,17-18,20,23-24,26-27,30,33H,9-10,12,14-16,19,21-22H2,1-8H3,(H,47,54)(H,48,51)(H,49,53). The topological polar surface area (TPSA) is 192 Å². The van der Waals surface area contributed by atoms with Gasteiger partial charge in [0.2, 0.25) is 33.6 Å². The molecule has 61 heavy (non-hydrogen) atoms. The van der Waals surface area contributed by atoms with Crippen LogP contribution >= 0.6 is 0 Å². The van der Waals surface area contributed by atoms with Crippen LogP contribution in [0.15, 0.2) is 30.4 Å². The normalized spacial score (nSPS) is 28.0. The summed E-state index contributed by atoms with van der Waals surface area (Å²) in [6, 6.07) is 1.41. The molecular weight excluding hydrogens is 824 g/mol. The van der Waals surface area contributed by atoms with E-state index in [1.165, 1.54) is 38.2 Å². The summed E-state index contributed by atoms with van der Waals surface area (Å²) in [6.45, 7) is 7.76. The lowest BCUT2D eigenvalue weighted by molar-refractivity contribution is -0.152. The largest absolute Gasteiger partial charge is 0.494 e. The van der Waals surface area contributed by atoms with E-state index in [2.05, 4.69) is 20.3 Å². The third-order valence-electron chi connectivity index (χ3n) is 12.8. The van der Waals surface area contributed by atoms with Gasteiger partial charge in [0.15, 0.2) is 17.2 Å². The van der Waals surface area contributed by atoms with Gasteiger partial charge >= 0.3 is 6.09 Å². The maximum Gasteiger partial charge on any atom is 0.408 e. The number of pyridine rings is 1. The fourth-order valence-corrected chi connectivity index (χ4v) is 9.31. The van der Waals surface area contributed by atoms with Gasteiger partial charge in [0.25, 0.3) is 11.8 Å². The molecule has 336 valence electrons. The van der Waals surface area contributed by atoms with E-state index in [-0.39, 0.29) is 48.2 Å². The van der Waals surface area contributed by atoms with Crippen molar-refractivity contribution in [3.05, 3.63) is 36.2 Å². The zero-order valence-electron chi connectivity index (χ0n) is 35.7. The summed E-state index contributed by atoms with van der Waals surface area (Å²) in [5.41, 5.74) is -3.93. The Labute approximate surface area is 353 Å². The zero-order chi connectivity index (χ0) is 44.9. The van der Waals surface area contributed by atoms with Crippen molar-refractivity contribution >= 4 is 44.6 Å². The third kappa shape index (κ3) is 9.36. The zero-order valence-corrected chi connectivity index (χ0v) is 36.6. The number of alkyl carbamates (subject to hydrolysis) is 1. The number of carbonyl (C=O) groups excluding carboxylic acids is 4. The number of amides is 4. The van der Waals surface area contributed by atoms with Gasteiger partial charge in [0, 0.05) is 30.7 Å². The minimum Gasteiger partial charge on any atom is -0.494 e. The molecule has 1 saturated heterocycles. The molecule has 3 fully saturated rings. The number of nitrogens with one attached hydrogen (secondary N) is 3. The smallest absolute Gasteiger partial charge is 0.408 e. The highest BCUT2D eigenvalue weighted by molar-refractivity contribution is 7.91. The number of fused-ring (bicyclic) bond motifs is 3. The fourth-order valence-electron chi connectivity index (χ4n) is 8.00. The van der Waals surface area contributed by atoms with Gasteiger partial charge in [-0.15, -0.1) is 0 Å². The van der Waals surface area contributed by atoms with Crippen LogP contribution in [-0.4, -0.2) is 103 Å². The highest BCUT2D eigenvalue weighted by Crippen LogP contribution is 2.48. The number of sulfonamides is 1. The van der Waals surface area contributed by atoms with Crippen molar-refractivity contribution in [3.63, 3.8) is 0 Å². The second-order valence-corrected chi connectivity index (χ2v) is 19.9. The Bertz CT molecular complexity index is 2200. The lowest BCUT2D eigenvalue weighted by Crippen LogP contribution is -2.60. The molecule has 15 nitrogen and oxygen atoms in total. The number of hydrogen-bond acceptors (Lipinski definition) is 11. The molecule has 19 heteroatoms. The molecule has 4 amide bonds. The first-order chi connectivity index (χ1) is 28.5. The van der Waals surface area contributed by atoms with Crippen molar-refractivity contribution in [2.75, 3.05) is 20.8 Å². The molecule has 2 aromatic rings. The SMILES string of the molecule is CCC1CC(C)CCC=CC2CC2(C(=O)NS(=O)(=O)C2(C)CC2)NC(=O)C2CC(Oc3nc(OC)cc4cc(OC)c(F)cc34)CN2C(=O)C1NC(=O)OC(C)(C)C(C)(F)F. The molecule has 7 unspecified atom stereocenters. The van der Waals surface area contributed by atoms with Crippen LogP contribution in [0.3, 0.4) is 0 Å². The van der Waals surface area contributed by atoms with Crippen molar-refractivity contribution in [1.82, 2.24) is 25.2 Å². The van der Waals surface area contributed by atoms with Gasteiger partial charge in [-0.25, -0.2) is 26.4 Å². The van der Waals surface area contributed by atoms with Crippen LogP contribution in [0.2, 0.25) is 0 Å². The molecule has 7 atom stereocenters. The van der Waals surface area contributed by atoms with E-state index in [1.807, 2.05) is 19.9 Å². The molecule has 0 spiro atoms. The average Bonchev–Trinajstić information content (AvgIpc) is 4.06. The monoisotopic (exact) mass is 879 g/mol. The Hall–Kier alpha value is -4.81. The summed E-state index contributed by atoms with van der Waals surface area (Å²) >= 11 is 0. The molecule has 2 aliphatic heterocycles. The molecule has 6 rings (SSSR count). The highest BCUT2D eigenvalue weighted by Gasteiger charge is 2.63. The summed E-state index contributed by atoms with van der Waals surface area (Å²) in [5, 5.41) is 6.04. The number of allylic oxidation sites excluding steroid dienone is 1. The first kappa shape index (κ1) is 45.7. The number of alkyl halides is 2. The maximum atomic E-state index is 15.1. The van der Waals surface area contributed by atoms with E-state index >= 15 is 9.18 Å². The second-order valence-electron chi connectivity index (χ2n) is 17.7. The number of carbonyl (C=O) groups is 4. The van der Waals surface area contributed by atoms with E-state index < -0.39 is 91.5 Å². The second kappa shape index (κ2) is 16.8. The molecule has 3 N–H and O–H groups in total. The van der Waals surface area contributed by atoms with E-state index in [4.69, 9.17) is 18.9 Å². The van der Waals surface area contributed by atoms with Crippen molar-refractivity contribution in [2.45, 2.75) is 133 Å². The highest BCUT2D eigenvalue weighted by atomic mass is 32.2. The predicted molar refractivity (Wildman–Crippen MR) is 217 cm³/mol. The van der Waals surface area contributed by atoms with Crippen LogP contribution in [0.1, 0.15) is 92.9 Å². The number of rotatable bonds is 11. The Morgan fingerprint density at radius 1 is 1.08 bits per heavy atom. The first-order valence-corrected chi connectivity index (χ1v) is 22.1. The lowest BCUT2D eigenvalue weighted by Gasteiger charge is -2.35. The minimum absolute atomic E-state index is 0.0161. The number of ether oxygens (including phenoxy) is 4. The van der Waals surface area contributed by atoms with E-state index in [0.717, 1.165) is 13.8 Å². The number of aromatic nitrogens is 1. The van der Waals surface area contributed by atoms with Crippen LogP contribution in [-0.2, 0) is 29.1 Å². The van der Waals surface area contributed by atoms with Gasteiger partial charge in [-0.05, 0) is 88.7 Å². The van der Waals surface area contributed by atoms with Crippen molar-refractivity contribution < 1.29 is 59.7 Å². The molecule has 2 saturated carbocycles. The van der Waals surface area contributed by atoms with Crippen LogP contribution in [0, 0.1) is 23.6 Å². The molecule has 0 radical (unpaired) electrons. The summed E-state index contributed by atoms with van der Waals surface area (Å²) in [5.74, 6) is -7.77. The number of hydrogen-bond donors (Lipinski definition) is 3. The minimum atomic E-state index is -4.10. The molecule has 1 aromatic heterocycles. The quantitative estimate of drug-likeness (QED) is 0.240. The summed E-state index contributed by atoms with van der Waals surface area (Å²) < 4.78 is 93.8. The molecule has 2 aliphatic carbocycles. The van der Waals surface area contributed by atoms with Crippen LogP contribution < -0.4 is 29.6 Å². The average molecular weight is 880 g/mol. The first-order valence-electron chi connectivity index (χ1n) is 20.6. The lowest BCUT2D eigenvalue weighted by atomic mass is 9.85. The summed E-state index contributed by atoms with van der Waals surface area (Å²) in [7, 11) is -1.41. The summed E-state index contributed by atoms with van der Waals surface area (Å²) in [4.78, 5) is 62.7. The molecule has 0 bridgehead atoms. The van der Waals surface area contributed by atoms with Gasteiger partial charge < -0.3 is 34.5 Å².